The molecule has 2 rings (SSSR count). The maximum absolute atomic E-state index is 12.3. The highest BCUT2D eigenvalue weighted by molar-refractivity contribution is 6.04. The predicted molar refractivity (Wildman–Crippen MR) is 79.7 cm³/mol. The normalized spacial score (nSPS) is 10.6. The smallest absolute Gasteiger partial charge is 0.419 e. The molecular weight excluding hydrogens is 270 g/mol. The molecule has 0 fully saturated rings. The molecule has 0 saturated carbocycles. The number of esters is 1. The van der Waals surface area contributed by atoms with Gasteiger partial charge >= 0.3 is 12.1 Å². The van der Waals surface area contributed by atoms with Gasteiger partial charge in [-0.2, -0.15) is 0 Å². The summed E-state index contributed by atoms with van der Waals surface area (Å²) in [6.45, 7) is 5.91. The third kappa shape index (κ3) is 2.63. The van der Waals surface area contributed by atoms with Crippen LogP contribution in [0, 0.1) is 0 Å². The number of nitrogens with zero attached hydrogens (tertiary/aromatic N) is 1. The lowest BCUT2D eigenvalue weighted by Crippen LogP contribution is -2.21. The van der Waals surface area contributed by atoms with Crippen molar-refractivity contribution in [2.75, 3.05) is 13.2 Å². The van der Waals surface area contributed by atoms with Crippen LogP contribution in [-0.4, -0.2) is 29.8 Å². The first kappa shape index (κ1) is 15.1. The Morgan fingerprint density at radius 1 is 1.05 bits per heavy atom. The number of carbonyl (C=O) groups is 2. The van der Waals surface area contributed by atoms with E-state index in [-0.39, 0.29) is 18.9 Å². The second-order valence-electron chi connectivity index (χ2n) is 4.45. The summed E-state index contributed by atoms with van der Waals surface area (Å²) >= 11 is 0. The number of ether oxygens (including phenoxy) is 2. The van der Waals surface area contributed by atoms with Crippen LogP contribution in [0.2, 0.25) is 0 Å². The fourth-order valence-electron chi connectivity index (χ4n) is 2.46. The summed E-state index contributed by atoms with van der Waals surface area (Å²) in [6.07, 6.45) is 0.0672. The molecule has 0 bridgehead atoms. The predicted octanol–water partition coefficient (Wildman–Crippen LogP) is 3.39. The second-order valence-corrected chi connectivity index (χ2v) is 4.45. The van der Waals surface area contributed by atoms with Gasteiger partial charge in [-0.15, -0.1) is 0 Å². The first-order valence-corrected chi connectivity index (χ1v) is 7.12. The van der Waals surface area contributed by atoms with Gasteiger partial charge in [-0.25, -0.2) is 14.2 Å². The van der Waals surface area contributed by atoms with E-state index in [0.717, 1.165) is 10.9 Å². The molecule has 1 aromatic heterocycles. The highest BCUT2D eigenvalue weighted by atomic mass is 16.6. The highest BCUT2D eigenvalue weighted by Gasteiger charge is 2.26. The van der Waals surface area contributed by atoms with E-state index in [9.17, 15) is 9.59 Å². The minimum absolute atomic E-state index is 0.245. The number of hydrogen-bond donors (Lipinski definition) is 0. The third-order valence-corrected chi connectivity index (χ3v) is 3.25. The molecule has 21 heavy (non-hydrogen) atoms. The van der Waals surface area contributed by atoms with Crippen molar-refractivity contribution >= 4 is 23.0 Å². The second kappa shape index (κ2) is 6.43. The van der Waals surface area contributed by atoms with E-state index in [2.05, 4.69) is 0 Å². The topological polar surface area (TPSA) is 57.5 Å². The van der Waals surface area contributed by atoms with Gasteiger partial charge < -0.3 is 9.47 Å². The van der Waals surface area contributed by atoms with Crippen molar-refractivity contribution in [2.24, 2.45) is 0 Å². The summed E-state index contributed by atoms with van der Waals surface area (Å²) in [6, 6.07) is 7.40. The van der Waals surface area contributed by atoms with Crippen LogP contribution in [0.1, 0.15) is 36.8 Å². The molecule has 1 heterocycles. The van der Waals surface area contributed by atoms with Gasteiger partial charge in [0.05, 0.1) is 18.7 Å². The maximum atomic E-state index is 12.3. The highest BCUT2D eigenvalue weighted by Crippen LogP contribution is 2.27. The summed E-state index contributed by atoms with van der Waals surface area (Å²) in [5.74, 6) is -0.501. The van der Waals surface area contributed by atoms with Crippen molar-refractivity contribution in [2.45, 2.75) is 27.2 Å². The van der Waals surface area contributed by atoms with Crippen LogP contribution >= 0.6 is 0 Å². The molecule has 2 aromatic rings. The number of rotatable bonds is 4. The molecule has 0 aliphatic heterocycles. The quantitative estimate of drug-likeness (QED) is 0.810. The molecule has 112 valence electrons. The van der Waals surface area contributed by atoms with Gasteiger partial charge in [0.1, 0.15) is 5.69 Å². The zero-order valence-corrected chi connectivity index (χ0v) is 12.5. The number of carbonyl (C=O) groups excluding carboxylic acids is 2. The number of aromatic nitrogens is 1. The Bertz CT molecular complexity index is 672. The van der Waals surface area contributed by atoms with E-state index < -0.39 is 12.1 Å². The van der Waals surface area contributed by atoms with Crippen molar-refractivity contribution in [1.82, 2.24) is 4.57 Å². The Kier molecular flexibility index (Phi) is 4.62. The molecule has 0 atom stereocenters. The van der Waals surface area contributed by atoms with E-state index in [0.29, 0.717) is 11.9 Å². The number of fused-ring (bicyclic) bond motifs is 1. The molecule has 0 aliphatic carbocycles. The van der Waals surface area contributed by atoms with E-state index in [1.807, 2.05) is 25.1 Å². The van der Waals surface area contributed by atoms with Crippen molar-refractivity contribution in [3.05, 3.63) is 35.5 Å². The van der Waals surface area contributed by atoms with E-state index in [1.165, 1.54) is 4.57 Å². The Balaban J connectivity index is 2.75. The van der Waals surface area contributed by atoms with Gasteiger partial charge in [0.25, 0.3) is 0 Å². The maximum Gasteiger partial charge on any atom is 0.419 e. The lowest BCUT2D eigenvalue weighted by atomic mass is 10.1. The van der Waals surface area contributed by atoms with Crippen molar-refractivity contribution < 1.29 is 19.1 Å². The number of benzene rings is 1. The van der Waals surface area contributed by atoms with Gasteiger partial charge in [0, 0.05) is 5.39 Å². The van der Waals surface area contributed by atoms with Crippen LogP contribution in [-0.2, 0) is 15.9 Å². The molecule has 1 aromatic carbocycles. The van der Waals surface area contributed by atoms with Gasteiger partial charge in [0.15, 0.2) is 0 Å². The van der Waals surface area contributed by atoms with E-state index in [1.54, 1.807) is 19.9 Å². The fraction of sp³-hybridized carbons (Fsp3) is 0.375. The Labute approximate surface area is 123 Å². The number of aryl methyl sites for hydroxylation is 1. The largest absolute Gasteiger partial charge is 0.461 e. The first-order valence-electron chi connectivity index (χ1n) is 7.12. The summed E-state index contributed by atoms with van der Waals surface area (Å²) in [4.78, 5) is 24.5. The van der Waals surface area contributed by atoms with Gasteiger partial charge in [0.2, 0.25) is 0 Å². The monoisotopic (exact) mass is 289 g/mol. The molecule has 0 aliphatic rings. The Morgan fingerprint density at radius 3 is 2.33 bits per heavy atom. The molecule has 5 nitrogen and oxygen atoms in total. The molecule has 0 radical (unpaired) electrons. The lowest BCUT2D eigenvalue weighted by Gasteiger charge is -2.09. The lowest BCUT2D eigenvalue weighted by molar-refractivity contribution is 0.0511. The molecule has 5 heteroatoms. The molecule has 0 N–H and O–H groups in total. The minimum atomic E-state index is -0.559. The molecule has 0 saturated heterocycles. The summed E-state index contributed by atoms with van der Waals surface area (Å²) in [5.41, 5.74) is 1.73. The van der Waals surface area contributed by atoms with Crippen LogP contribution in [0.15, 0.2) is 24.3 Å². The van der Waals surface area contributed by atoms with Gasteiger partial charge in [-0.05, 0) is 31.9 Å². The Hall–Kier alpha value is -2.30. The van der Waals surface area contributed by atoms with Gasteiger partial charge in [-0.3, -0.25) is 0 Å². The summed E-state index contributed by atoms with van der Waals surface area (Å²) in [5, 5.41) is 0.871. The number of hydrogen-bond acceptors (Lipinski definition) is 4. The van der Waals surface area contributed by atoms with Crippen molar-refractivity contribution in [3.63, 3.8) is 0 Å². The van der Waals surface area contributed by atoms with Crippen LogP contribution in [0.4, 0.5) is 4.79 Å². The van der Waals surface area contributed by atoms with Crippen LogP contribution < -0.4 is 0 Å². The van der Waals surface area contributed by atoms with Crippen LogP contribution in [0.3, 0.4) is 0 Å². The molecule has 0 unspecified atom stereocenters. The summed E-state index contributed by atoms with van der Waals surface area (Å²) < 4.78 is 11.5. The SMILES string of the molecule is CCOC(=O)c1c(CC)c2ccccc2n1C(=O)OCC. The van der Waals surface area contributed by atoms with E-state index >= 15 is 0 Å². The van der Waals surface area contributed by atoms with Crippen LogP contribution in [0.25, 0.3) is 10.9 Å². The van der Waals surface area contributed by atoms with Crippen LogP contribution in [0.5, 0.6) is 0 Å². The fourth-order valence-corrected chi connectivity index (χ4v) is 2.46. The average molecular weight is 289 g/mol. The third-order valence-electron chi connectivity index (χ3n) is 3.25. The van der Waals surface area contributed by atoms with Crippen molar-refractivity contribution in [1.29, 1.82) is 0 Å². The minimum Gasteiger partial charge on any atom is -0.461 e. The zero-order valence-electron chi connectivity index (χ0n) is 12.5. The number of para-hydroxylation sites is 1. The first-order chi connectivity index (χ1) is 10.2. The Morgan fingerprint density at radius 2 is 1.71 bits per heavy atom. The zero-order chi connectivity index (χ0) is 15.4. The average Bonchev–Trinajstić information content (AvgIpc) is 2.82. The van der Waals surface area contributed by atoms with E-state index in [4.69, 9.17) is 9.47 Å². The molecule has 0 spiro atoms. The van der Waals surface area contributed by atoms with Crippen molar-refractivity contribution in [3.8, 4) is 0 Å². The summed E-state index contributed by atoms with van der Waals surface area (Å²) in [7, 11) is 0. The molecule has 0 amide bonds. The standard InChI is InChI=1S/C16H19NO4/c1-4-11-12-9-7-8-10-13(12)17(16(19)21-6-3)14(11)15(18)20-5-2/h7-10H,4-6H2,1-3H3. The molecular formula is C16H19NO4. The van der Waals surface area contributed by atoms with Gasteiger partial charge in [-0.1, -0.05) is 25.1 Å².